The first-order valence-corrected chi connectivity index (χ1v) is 28.6. The quantitative estimate of drug-likeness (QED) is 0.0359. The first-order valence-electron chi connectivity index (χ1n) is 28.6. The third-order valence-electron chi connectivity index (χ3n) is 16.2. The van der Waals surface area contributed by atoms with E-state index in [1.165, 1.54) is 155 Å². The van der Waals surface area contributed by atoms with E-state index < -0.39 is 0 Å². The molecule has 0 unspecified atom stereocenters. The number of para-hydroxylation sites is 5. The van der Waals surface area contributed by atoms with Crippen LogP contribution in [0.25, 0.3) is 32.7 Å². The van der Waals surface area contributed by atoms with Gasteiger partial charge in [0.05, 0.1) is 11.4 Å². The lowest BCUT2D eigenvalue weighted by atomic mass is 9.70. The Balaban J connectivity index is 1.13. The molecule has 0 amide bonds. The summed E-state index contributed by atoms with van der Waals surface area (Å²) < 4.78 is 0. The summed E-state index contributed by atoms with van der Waals surface area (Å²) in [4.78, 5) is 7.51. The van der Waals surface area contributed by atoms with Crippen LogP contribution in [0, 0.1) is 0 Å². The van der Waals surface area contributed by atoms with Crippen molar-refractivity contribution in [2.45, 2.75) is 109 Å². The molecule has 0 N–H and O–H groups in total. The average molecular weight is 992 g/mol. The Morgan fingerprint density at radius 2 is 0.539 bits per heavy atom. The van der Waals surface area contributed by atoms with Gasteiger partial charge in [0.2, 0.25) is 0 Å². The van der Waals surface area contributed by atoms with Crippen molar-refractivity contribution < 1.29 is 0 Å². The monoisotopic (exact) mass is 992 g/mol. The lowest BCUT2D eigenvalue weighted by molar-refractivity contribution is 0.398. The van der Waals surface area contributed by atoms with Gasteiger partial charge in [-0.2, -0.15) is 0 Å². The van der Waals surface area contributed by atoms with E-state index in [0.717, 1.165) is 29.9 Å². The highest BCUT2D eigenvalue weighted by Crippen LogP contribution is 2.58. The van der Waals surface area contributed by atoms with Crippen molar-refractivity contribution in [3.63, 3.8) is 0 Å². The Morgan fingerprint density at radius 1 is 0.263 bits per heavy atom. The molecule has 3 heteroatoms. The van der Waals surface area contributed by atoms with Gasteiger partial charge in [-0.1, -0.05) is 243 Å². The van der Waals surface area contributed by atoms with Gasteiger partial charge in [-0.3, -0.25) is 0 Å². The predicted molar refractivity (Wildman–Crippen MR) is 328 cm³/mol. The lowest BCUT2D eigenvalue weighted by Crippen LogP contribution is -2.26. The van der Waals surface area contributed by atoms with E-state index in [2.05, 4.69) is 265 Å². The number of fused-ring (bicyclic) bond motifs is 5. The molecule has 0 saturated heterocycles. The van der Waals surface area contributed by atoms with Gasteiger partial charge < -0.3 is 14.7 Å². The van der Waals surface area contributed by atoms with Gasteiger partial charge in [0, 0.05) is 66.8 Å². The van der Waals surface area contributed by atoms with Crippen LogP contribution in [0.3, 0.4) is 0 Å². The molecule has 10 aromatic carbocycles. The molecular weight excluding hydrogens is 919 g/mol. The molecule has 0 atom stereocenters. The molecule has 0 aromatic heterocycles. The summed E-state index contributed by atoms with van der Waals surface area (Å²) in [5.74, 6) is 0. The summed E-state index contributed by atoms with van der Waals surface area (Å²) in [6.07, 6.45) is 17.5. The van der Waals surface area contributed by atoms with E-state index in [4.69, 9.17) is 0 Å². The van der Waals surface area contributed by atoms with Crippen molar-refractivity contribution in [1.29, 1.82) is 0 Å². The van der Waals surface area contributed by atoms with Gasteiger partial charge in [-0.25, -0.2) is 0 Å². The van der Waals surface area contributed by atoms with Crippen LogP contribution < -0.4 is 14.7 Å². The maximum Gasteiger partial charge on any atom is 0.0619 e. The van der Waals surface area contributed by atoms with Gasteiger partial charge in [-0.05, 0) is 120 Å². The first-order chi connectivity index (χ1) is 37.7. The third-order valence-corrected chi connectivity index (χ3v) is 16.2. The Kier molecular flexibility index (Phi) is 15.7. The largest absolute Gasteiger partial charge is 0.310 e. The molecule has 11 rings (SSSR count). The molecule has 0 heterocycles. The van der Waals surface area contributed by atoms with Crippen molar-refractivity contribution in [2.24, 2.45) is 0 Å². The molecule has 0 fully saturated rings. The minimum absolute atomic E-state index is 0.173. The lowest BCUT2D eigenvalue weighted by Gasteiger charge is -2.36. The molecule has 380 valence electrons. The minimum Gasteiger partial charge on any atom is -0.310 e. The van der Waals surface area contributed by atoms with Crippen LogP contribution in [-0.4, -0.2) is 0 Å². The van der Waals surface area contributed by atoms with E-state index in [1.54, 1.807) is 0 Å². The van der Waals surface area contributed by atoms with Crippen molar-refractivity contribution in [3.05, 3.63) is 248 Å². The van der Waals surface area contributed by atoms with Gasteiger partial charge in [0.25, 0.3) is 0 Å². The highest BCUT2D eigenvalue weighted by molar-refractivity contribution is 6.23. The Morgan fingerprint density at radius 3 is 0.882 bits per heavy atom. The third kappa shape index (κ3) is 10.2. The molecule has 3 nitrogen and oxygen atoms in total. The Bertz CT molecular complexity index is 3310. The summed E-state index contributed by atoms with van der Waals surface area (Å²) in [5, 5.41) is 4.82. The fourth-order valence-corrected chi connectivity index (χ4v) is 12.5. The number of rotatable bonds is 23. The Labute approximate surface area is 453 Å². The van der Waals surface area contributed by atoms with Crippen molar-refractivity contribution in [1.82, 2.24) is 0 Å². The number of benzene rings is 10. The van der Waals surface area contributed by atoms with Crippen molar-refractivity contribution in [3.8, 4) is 11.1 Å². The SMILES string of the molecule is CCCCCCCCC1(CCCCCCCC)c2cc(N(c3ccccc3)c3ccccc3)ccc2-c2ccc(N(c3ccccc3)c3c4ccccc4c(N(c4ccccc4)c4ccccc4)c4ccccc34)cc21. The fourth-order valence-electron chi connectivity index (χ4n) is 12.5. The normalized spacial score (nSPS) is 12.4. The molecule has 0 spiro atoms. The molecule has 76 heavy (non-hydrogen) atoms. The zero-order valence-corrected chi connectivity index (χ0v) is 44.8. The molecule has 0 radical (unpaired) electrons. The van der Waals surface area contributed by atoms with Crippen molar-refractivity contribution in [2.75, 3.05) is 14.7 Å². The van der Waals surface area contributed by atoms with E-state index in [9.17, 15) is 0 Å². The van der Waals surface area contributed by atoms with E-state index in [-0.39, 0.29) is 5.41 Å². The molecule has 0 saturated carbocycles. The predicted octanol–water partition coefficient (Wildman–Crippen LogP) is 22.2. The van der Waals surface area contributed by atoms with Gasteiger partial charge in [-0.15, -0.1) is 0 Å². The second-order valence-corrected chi connectivity index (χ2v) is 21.0. The number of unbranched alkanes of at least 4 members (excludes halogenated alkanes) is 10. The second kappa shape index (κ2) is 23.8. The molecule has 10 aromatic rings. The minimum atomic E-state index is -0.173. The van der Waals surface area contributed by atoms with Gasteiger partial charge in [0.1, 0.15) is 0 Å². The van der Waals surface area contributed by atoms with Crippen LogP contribution in [0.2, 0.25) is 0 Å². The maximum absolute atomic E-state index is 2.64. The molecule has 0 aliphatic heterocycles. The zero-order chi connectivity index (χ0) is 51.5. The topological polar surface area (TPSA) is 9.72 Å². The van der Waals surface area contributed by atoms with Crippen LogP contribution in [0.15, 0.2) is 237 Å². The zero-order valence-electron chi connectivity index (χ0n) is 44.8. The van der Waals surface area contributed by atoms with E-state index in [1.807, 2.05) is 0 Å². The number of hydrogen-bond acceptors (Lipinski definition) is 3. The van der Waals surface area contributed by atoms with E-state index >= 15 is 0 Å². The maximum atomic E-state index is 2.64. The second-order valence-electron chi connectivity index (χ2n) is 21.0. The smallest absolute Gasteiger partial charge is 0.0619 e. The van der Waals surface area contributed by atoms with Crippen molar-refractivity contribution >= 4 is 72.7 Å². The molecular formula is C73H73N3. The van der Waals surface area contributed by atoms with Crippen LogP contribution in [-0.2, 0) is 5.41 Å². The van der Waals surface area contributed by atoms with Crippen LogP contribution in [0.5, 0.6) is 0 Å². The molecule has 1 aliphatic carbocycles. The summed E-state index contributed by atoms with van der Waals surface area (Å²) >= 11 is 0. The number of anilines is 9. The summed E-state index contributed by atoms with van der Waals surface area (Å²) in [5.41, 5.74) is 16.1. The summed E-state index contributed by atoms with van der Waals surface area (Å²) in [6, 6.07) is 88.0. The highest BCUT2D eigenvalue weighted by atomic mass is 15.2. The Hall–Kier alpha value is -7.88. The average Bonchev–Trinajstić information content (AvgIpc) is 3.78. The molecule has 0 bridgehead atoms. The van der Waals surface area contributed by atoms with E-state index in [0.29, 0.717) is 0 Å². The number of nitrogens with zero attached hydrogens (tertiary/aromatic N) is 3. The van der Waals surface area contributed by atoms with Crippen LogP contribution in [0.4, 0.5) is 51.2 Å². The summed E-state index contributed by atoms with van der Waals surface area (Å²) in [7, 11) is 0. The van der Waals surface area contributed by atoms with Crippen LogP contribution in [0.1, 0.15) is 115 Å². The van der Waals surface area contributed by atoms with Gasteiger partial charge >= 0.3 is 0 Å². The standard InChI is InChI=1S/C73H73N3/c1-3-5-7-9-11-32-52-73(53-33-12-10-8-6-4-2)69-54-61(74(56-34-18-13-19-35-56)57-36-20-14-21-37-57)48-50-63(69)64-51-49-62(55-70(64)73)76(60-42-26-17-27-43-60)72-67-46-30-28-44-65(67)71(66-45-29-31-47-68(66)72)75(58-38-22-15-23-39-58)59-40-24-16-25-41-59/h13-31,34-51,54-55H,3-12,32-33,52-53H2,1-2H3. The first kappa shape index (κ1) is 50.3. The summed E-state index contributed by atoms with van der Waals surface area (Å²) in [6.45, 7) is 4.65. The van der Waals surface area contributed by atoms with Crippen LogP contribution >= 0.6 is 0 Å². The number of hydrogen-bond donors (Lipinski definition) is 0. The van der Waals surface area contributed by atoms with Gasteiger partial charge in [0.15, 0.2) is 0 Å². The highest BCUT2D eigenvalue weighted by Gasteiger charge is 2.43. The molecule has 1 aliphatic rings. The fraction of sp³-hybridized carbons (Fsp3) is 0.233.